The Morgan fingerprint density at radius 2 is 2.00 bits per heavy atom. The molecular formula is C9H8O3. The van der Waals surface area contributed by atoms with Crippen LogP contribution >= 0.6 is 0 Å². The minimum absolute atomic E-state index is 0.233. The molecule has 1 fully saturated rings. The van der Waals surface area contributed by atoms with Crippen LogP contribution in [0.25, 0.3) is 0 Å². The van der Waals surface area contributed by atoms with Gasteiger partial charge in [-0.15, -0.1) is 0 Å². The molecular weight excluding hydrogens is 156 g/mol. The molecule has 0 spiro atoms. The quantitative estimate of drug-likeness (QED) is 0.668. The zero-order valence-corrected chi connectivity index (χ0v) is 6.31. The van der Waals surface area contributed by atoms with Gasteiger partial charge in [0.25, 0.3) is 0 Å². The van der Waals surface area contributed by atoms with E-state index in [1.165, 1.54) is 0 Å². The lowest BCUT2D eigenvalue weighted by Crippen LogP contribution is -2.04. The fourth-order valence-electron chi connectivity index (χ4n) is 1.20. The van der Waals surface area contributed by atoms with Crippen molar-refractivity contribution in [1.82, 2.24) is 0 Å². The molecule has 1 aromatic rings. The lowest BCUT2D eigenvalue weighted by atomic mass is 10.1. The Labute approximate surface area is 69.6 Å². The van der Waals surface area contributed by atoms with E-state index < -0.39 is 12.1 Å². The van der Waals surface area contributed by atoms with Gasteiger partial charge in [0.15, 0.2) is 6.10 Å². The number of carboxylic acid groups (broad SMARTS) is 1. The van der Waals surface area contributed by atoms with Gasteiger partial charge in [-0.2, -0.15) is 0 Å². The Morgan fingerprint density at radius 1 is 1.33 bits per heavy atom. The van der Waals surface area contributed by atoms with Gasteiger partial charge in [-0.1, -0.05) is 30.3 Å². The summed E-state index contributed by atoms with van der Waals surface area (Å²) in [6.07, 6.45) is -0.865. The first-order valence-electron chi connectivity index (χ1n) is 3.72. The summed E-state index contributed by atoms with van der Waals surface area (Å²) < 4.78 is 4.96. The number of rotatable bonds is 2. The molecule has 1 aliphatic rings. The van der Waals surface area contributed by atoms with E-state index >= 15 is 0 Å². The van der Waals surface area contributed by atoms with Gasteiger partial charge in [0.05, 0.1) is 0 Å². The molecule has 62 valence electrons. The van der Waals surface area contributed by atoms with Crippen LogP contribution < -0.4 is 0 Å². The van der Waals surface area contributed by atoms with Crippen molar-refractivity contribution in [3.63, 3.8) is 0 Å². The van der Waals surface area contributed by atoms with Crippen LogP contribution in [-0.4, -0.2) is 17.2 Å². The molecule has 2 rings (SSSR count). The Kier molecular flexibility index (Phi) is 1.59. The highest BCUT2D eigenvalue weighted by Crippen LogP contribution is 2.38. The van der Waals surface area contributed by atoms with Crippen molar-refractivity contribution in [3.05, 3.63) is 35.9 Å². The van der Waals surface area contributed by atoms with Gasteiger partial charge in [-0.3, -0.25) is 0 Å². The van der Waals surface area contributed by atoms with Crippen molar-refractivity contribution in [3.8, 4) is 0 Å². The second kappa shape index (κ2) is 2.60. The maximum atomic E-state index is 10.4. The summed E-state index contributed by atoms with van der Waals surface area (Å²) in [7, 11) is 0. The van der Waals surface area contributed by atoms with Crippen LogP contribution in [0, 0.1) is 0 Å². The molecule has 0 saturated carbocycles. The molecule has 2 atom stereocenters. The fraction of sp³-hybridized carbons (Fsp3) is 0.222. The molecule has 0 bridgehead atoms. The average molecular weight is 164 g/mol. The van der Waals surface area contributed by atoms with Crippen LogP contribution in [0.3, 0.4) is 0 Å². The third-order valence-electron chi connectivity index (χ3n) is 1.86. The van der Waals surface area contributed by atoms with Gasteiger partial charge in [0.1, 0.15) is 6.10 Å². The lowest BCUT2D eigenvalue weighted by molar-refractivity contribution is -0.138. The SMILES string of the molecule is O=C(O)[C@@H]1O[C@@H]1c1ccccc1. The summed E-state index contributed by atoms with van der Waals surface area (Å²) in [6.45, 7) is 0. The van der Waals surface area contributed by atoms with Crippen LogP contribution in [0.2, 0.25) is 0 Å². The molecule has 0 unspecified atom stereocenters. The number of hydrogen-bond donors (Lipinski definition) is 1. The molecule has 0 amide bonds. The van der Waals surface area contributed by atoms with E-state index in [4.69, 9.17) is 9.84 Å². The van der Waals surface area contributed by atoms with E-state index in [0.29, 0.717) is 0 Å². The van der Waals surface area contributed by atoms with E-state index in [0.717, 1.165) is 5.56 Å². The van der Waals surface area contributed by atoms with Crippen molar-refractivity contribution < 1.29 is 14.6 Å². The molecule has 3 nitrogen and oxygen atoms in total. The first-order chi connectivity index (χ1) is 5.79. The summed E-state index contributed by atoms with van der Waals surface area (Å²) in [6, 6.07) is 9.37. The average Bonchev–Trinajstić information content (AvgIpc) is 2.84. The Balaban J connectivity index is 2.11. The van der Waals surface area contributed by atoms with Crippen molar-refractivity contribution in [2.75, 3.05) is 0 Å². The Hall–Kier alpha value is -1.35. The molecule has 1 heterocycles. The minimum Gasteiger partial charge on any atom is -0.479 e. The number of aliphatic carboxylic acids is 1. The third kappa shape index (κ3) is 1.19. The van der Waals surface area contributed by atoms with Gasteiger partial charge in [0.2, 0.25) is 0 Å². The van der Waals surface area contributed by atoms with Gasteiger partial charge < -0.3 is 9.84 Å². The highest BCUT2D eigenvalue weighted by atomic mass is 16.6. The predicted octanol–water partition coefficient (Wildman–Crippen LogP) is 1.21. The number of benzene rings is 1. The molecule has 1 aliphatic heterocycles. The fourth-order valence-corrected chi connectivity index (χ4v) is 1.20. The van der Waals surface area contributed by atoms with Gasteiger partial charge >= 0.3 is 5.97 Å². The monoisotopic (exact) mass is 164 g/mol. The minimum atomic E-state index is -0.885. The summed E-state index contributed by atoms with van der Waals surface area (Å²) in [5, 5.41) is 8.56. The van der Waals surface area contributed by atoms with E-state index in [-0.39, 0.29) is 6.10 Å². The van der Waals surface area contributed by atoms with Gasteiger partial charge in [0, 0.05) is 0 Å². The van der Waals surface area contributed by atoms with E-state index in [9.17, 15) is 4.79 Å². The maximum absolute atomic E-state index is 10.4. The summed E-state index contributed by atoms with van der Waals surface area (Å²) in [5.74, 6) is -0.885. The third-order valence-corrected chi connectivity index (χ3v) is 1.86. The molecule has 0 aliphatic carbocycles. The zero-order valence-electron chi connectivity index (χ0n) is 6.31. The summed E-state index contributed by atoms with van der Waals surface area (Å²) >= 11 is 0. The summed E-state index contributed by atoms with van der Waals surface area (Å²) in [5.41, 5.74) is 0.935. The molecule has 3 heteroatoms. The van der Waals surface area contributed by atoms with Crippen LogP contribution in [0.4, 0.5) is 0 Å². The topological polar surface area (TPSA) is 49.8 Å². The number of carboxylic acids is 1. The Morgan fingerprint density at radius 3 is 2.50 bits per heavy atom. The molecule has 0 radical (unpaired) electrons. The van der Waals surface area contributed by atoms with E-state index in [1.54, 1.807) is 0 Å². The number of epoxide rings is 1. The van der Waals surface area contributed by atoms with Gasteiger partial charge in [-0.25, -0.2) is 4.79 Å². The Bertz CT molecular complexity index is 294. The van der Waals surface area contributed by atoms with E-state index in [2.05, 4.69) is 0 Å². The maximum Gasteiger partial charge on any atom is 0.335 e. The predicted molar refractivity (Wildman–Crippen MR) is 41.7 cm³/mol. The highest BCUT2D eigenvalue weighted by molar-refractivity contribution is 5.76. The molecule has 12 heavy (non-hydrogen) atoms. The molecule has 1 aromatic carbocycles. The smallest absolute Gasteiger partial charge is 0.335 e. The van der Waals surface area contributed by atoms with Crippen molar-refractivity contribution in [2.45, 2.75) is 12.2 Å². The highest BCUT2D eigenvalue weighted by Gasteiger charge is 2.46. The van der Waals surface area contributed by atoms with Crippen LogP contribution in [0.15, 0.2) is 30.3 Å². The molecule has 1 N–H and O–H groups in total. The van der Waals surface area contributed by atoms with Crippen LogP contribution in [-0.2, 0) is 9.53 Å². The number of hydrogen-bond acceptors (Lipinski definition) is 2. The number of carbonyl (C=O) groups is 1. The van der Waals surface area contributed by atoms with Crippen molar-refractivity contribution in [2.24, 2.45) is 0 Å². The zero-order chi connectivity index (χ0) is 8.55. The lowest BCUT2D eigenvalue weighted by Gasteiger charge is -1.91. The first-order valence-corrected chi connectivity index (χ1v) is 3.72. The standard InChI is InChI=1S/C9H8O3/c10-9(11)8-7(12-8)6-4-2-1-3-5-6/h1-5,7-8H,(H,10,11)/t7-,8-/m1/s1. The van der Waals surface area contributed by atoms with Crippen molar-refractivity contribution >= 4 is 5.97 Å². The van der Waals surface area contributed by atoms with Crippen molar-refractivity contribution in [1.29, 1.82) is 0 Å². The second-order valence-electron chi connectivity index (χ2n) is 2.73. The largest absolute Gasteiger partial charge is 0.479 e. The van der Waals surface area contributed by atoms with Gasteiger partial charge in [-0.05, 0) is 5.56 Å². The normalized spacial score (nSPS) is 26.7. The first kappa shape index (κ1) is 7.31. The van der Waals surface area contributed by atoms with Crippen LogP contribution in [0.1, 0.15) is 11.7 Å². The molecule has 1 saturated heterocycles. The van der Waals surface area contributed by atoms with E-state index in [1.807, 2.05) is 30.3 Å². The number of ether oxygens (including phenoxy) is 1. The summed E-state index contributed by atoms with van der Waals surface area (Å²) in [4.78, 5) is 10.4. The second-order valence-corrected chi connectivity index (χ2v) is 2.73. The molecule has 0 aromatic heterocycles. The van der Waals surface area contributed by atoms with Crippen LogP contribution in [0.5, 0.6) is 0 Å².